The summed E-state index contributed by atoms with van der Waals surface area (Å²) in [4.78, 5) is 0.489. The van der Waals surface area contributed by atoms with Crippen LogP contribution in [0.2, 0.25) is 0 Å². The molecule has 2 aliphatic heterocycles. The second-order valence-electron chi connectivity index (χ2n) is 7.04. The Labute approximate surface area is 152 Å². The molecule has 1 saturated carbocycles. The molecule has 2 atom stereocenters. The molecular weight excluding hydrogens is 368 g/mol. The van der Waals surface area contributed by atoms with Gasteiger partial charge in [-0.3, -0.25) is 0 Å². The third-order valence-corrected chi connectivity index (χ3v) is 11.3. The maximum absolute atomic E-state index is 13.1. The largest absolute Gasteiger partial charge is 0.223 e. The van der Waals surface area contributed by atoms with Gasteiger partial charge < -0.3 is 0 Å². The summed E-state index contributed by atoms with van der Waals surface area (Å²) in [6.45, 7) is 0. The lowest BCUT2D eigenvalue weighted by Gasteiger charge is -2.62. The minimum Gasteiger partial charge on any atom is -0.223 e. The molecule has 2 aromatic rings. The third-order valence-electron chi connectivity index (χ3n) is 5.97. The molecule has 0 amide bonds. The molecule has 3 aliphatic rings. The summed E-state index contributed by atoms with van der Waals surface area (Å²) in [6, 6.07) is 17.7. The van der Waals surface area contributed by atoms with Gasteiger partial charge in [0.05, 0.1) is 9.81 Å². The fourth-order valence-corrected chi connectivity index (χ4v) is 9.62. The zero-order valence-electron chi connectivity index (χ0n) is 13.8. The first-order chi connectivity index (χ1) is 12.4. The van der Waals surface area contributed by atoms with Crippen LogP contribution in [0.25, 0.3) is 9.81 Å². The van der Waals surface area contributed by atoms with Gasteiger partial charge in [-0.1, -0.05) is 60.7 Å². The van der Waals surface area contributed by atoms with Crippen molar-refractivity contribution >= 4 is 29.5 Å². The maximum Gasteiger partial charge on any atom is 0.189 e. The molecular formula is C20H16O4S2. The van der Waals surface area contributed by atoms with Crippen molar-refractivity contribution in [3.05, 3.63) is 83.9 Å². The standard InChI is InChI=1S/C20H16O4S2/c21-25(22)17(15-7-3-1-4-8-15)13-19(25)11-12-20(19)14-18(26(20,23)24)16-9-5-2-6-10-16/h1-10,13-14H,11-12H2/t19-,20-/m1/s1. The van der Waals surface area contributed by atoms with Gasteiger partial charge in [0.1, 0.15) is 9.49 Å². The fourth-order valence-electron chi connectivity index (χ4n) is 4.42. The number of fused-ring (bicyclic) bond motifs is 1. The second kappa shape index (κ2) is 4.75. The van der Waals surface area contributed by atoms with Crippen molar-refractivity contribution in [3.63, 3.8) is 0 Å². The number of rotatable bonds is 2. The van der Waals surface area contributed by atoms with Crippen molar-refractivity contribution in [1.82, 2.24) is 0 Å². The quantitative estimate of drug-likeness (QED) is 0.797. The first-order valence-corrected chi connectivity index (χ1v) is 11.4. The molecule has 6 heteroatoms. The van der Waals surface area contributed by atoms with E-state index in [1.54, 1.807) is 60.7 Å². The highest BCUT2D eigenvalue weighted by Gasteiger charge is 2.78. The highest BCUT2D eigenvalue weighted by molar-refractivity contribution is 8.08. The molecule has 0 N–H and O–H groups in total. The Morgan fingerprint density at radius 2 is 0.923 bits per heavy atom. The van der Waals surface area contributed by atoms with Crippen LogP contribution in [0.1, 0.15) is 24.0 Å². The highest BCUT2D eigenvalue weighted by atomic mass is 32.2. The SMILES string of the molecule is O=S1(=O)C(c2ccccc2)=C[C@@]12CC[C@@]21C=C(c2ccccc2)S1(=O)=O. The molecule has 1 aliphatic carbocycles. The van der Waals surface area contributed by atoms with Crippen molar-refractivity contribution < 1.29 is 16.8 Å². The minimum absolute atomic E-state index is 0.244. The molecule has 0 aromatic heterocycles. The third kappa shape index (κ3) is 1.56. The van der Waals surface area contributed by atoms with Crippen molar-refractivity contribution in [1.29, 1.82) is 0 Å². The van der Waals surface area contributed by atoms with Crippen molar-refractivity contribution in [2.45, 2.75) is 22.3 Å². The van der Waals surface area contributed by atoms with E-state index in [2.05, 4.69) is 0 Å². The Morgan fingerprint density at radius 1 is 0.577 bits per heavy atom. The van der Waals surface area contributed by atoms with E-state index in [1.165, 1.54) is 0 Å². The molecule has 1 fully saturated rings. The Kier molecular flexibility index (Phi) is 2.93. The van der Waals surface area contributed by atoms with Crippen LogP contribution in [0.4, 0.5) is 0 Å². The average molecular weight is 384 g/mol. The summed E-state index contributed by atoms with van der Waals surface area (Å²) in [6.07, 6.45) is 4.03. The topological polar surface area (TPSA) is 68.3 Å². The molecule has 5 rings (SSSR count). The first kappa shape index (κ1) is 16.0. The lowest BCUT2D eigenvalue weighted by Crippen LogP contribution is -2.74. The monoisotopic (exact) mass is 384 g/mol. The number of sulfone groups is 2. The molecule has 0 unspecified atom stereocenters. The van der Waals surface area contributed by atoms with Gasteiger partial charge in [0.2, 0.25) is 0 Å². The van der Waals surface area contributed by atoms with Crippen LogP contribution >= 0.6 is 0 Å². The van der Waals surface area contributed by atoms with Crippen molar-refractivity contribution in [3.8, 4) is 0 Å². The summed E-state index contributed by atoms with van der Waals surface area (Å²) in [7, 11) is -7.37. The van der Waals surface area contributed by atoms with Gasteiger partial charge >= 0.3 is 0 Å². The number of hydrogen-bond acceptors (Lipinski definition) is 4. The highest BCUT2D eigenvalue weighted by Crippen LogP contribution is 2.68. The van der Waals surface area contributed by atoms with E-state index in [0.717, 1.165) is 0 Å². The minimum atomic E-state index is -3.69. The summed E-state index contributed by atoms with van der Waals surface area (Å²) < 4.78 is 49.9. The van der Waals surface area contributed by atoms with Gasteiger partial charge in [-0.15, -0.1) is 0 Å². The lowest BCUT2D eigenvalue weighted by atomic mass is 9.69. The van der Waals surface area contributed by atoms with Gasteiger partial charge in [0.25, 0.3) is 0 Å². The van der Waals surface area contributed by atoms with Crippen LogP contribution in [0.5, 0.6) is 0 Å². The van der Waals surface area contributed by atoms with Crippen molar-refractivity contribution in [2.24, 2.45) is 0 Å². The van der Waals surface area contributed by atoms with Gasteiger partial charge in [-0.2, -0.15) is 0 Å². The average Bonchev–Trinajstić information content (AvgIpc) is 2.61. The summed E-state index contributed by atoms with van der Waals surface area (Å²) in [5.74, 6) is 0. The van der Waals surface area contributed by atoms with Crippen LogP contribution in [0, 0.1) is 0 Å². The van der Waals surface area contributed by atoms with E-state index in [4.69, 9.17) is 0 Å². The van der Waals surface area contributed by atoms with Crippen LogP contribution in [-0.4, -0.2) is 26.3 Å². The van der Waals surface area contributed by atoms with Gasteiger partial charge in [0.15, 0.2) is 19.7 Å². The first-order valence-electron chi connectivity index (χ1n) is 8.42. The zero-order chi connectivity index (χ0) is 18.2. The Morgan fingerprint density at radius 3 is 1.19 bits per heavy atom. The van der Waals surface area contributed by atoms with Crippen LogP contribution < -0.4 is 0 Å². The van der Waals surface area contributed by atoms with E-state index in [0.29, 0.717) is 24.0 Å². The smallest absolute Gasteiger partial charge is 0.189 e. The molecule has 0 radical (unpaired) electrons. The molecule has 0 bridgehead atoms. The number of hydrogen-bond donors (Lipinski definition) is 0. The predicted molar refractivity (Wildman–Crippen MR) is 101 cm³/mol. The summed E-state index contributed by atoms with van der Waals surface area (Å²) >= 11 is 0. The Hall–Kier alpha value is -2.18. The zero-order valence-corrected chi connectivity index (χ0v) is 15.4. The van der Waals surface area contributed by atoms with E-state index >= 15 is 0 Å². The maximum atomic E-state index is 13.1. The van der Waals surface area contributed by atoms with E-state index in [-0.39, 0.29) is 9.81 Å². The molecule has 132 valence electrons. The van der Waals surface area contributed by atoms with E-state index in [1.807, 2.05) is 12.1 Å². The normalized spacial score (nSPS) is 32.8. The predicted octanol–water partition coefficient (Wildman–Crippen LogP) is 3.20. The van der Waals surface area contributed by atoms with Crippen molar-refractivity contribution in [2.75, 3.05) is 0 Å². The Bertz CT molecular complexity index is 1100. The van der Waals surface area contributed by atoms with E-state index < -0.39 is 29.2 Å². The Balaban J connectivity index is 1.64. The van der Waals surface area contributed by atoms with E-state index in [9.17, 15) is 16.8 Å². The van der Waals surface area contributed by atoms with Gasteiger partial charge in [-0.25, -0.2) is 16.8 Å². The molecule has 2 aromatic carbocycles. The molecule has 2 spiro atoms. The molecule has 2 heterocycles. The fraction of sp³-hybridized carbons (Fsp3) is 0.200. The second-order valence-corrected chi connectivity index (χ2v) is 11.4. The summed E-state index contributed by atoms with van der Waals surface area (Å²) in [5, 5.41) is 0. The van der Waals surface area contributed by atoms with Crippen LogP contribution in [0.15, 0.2) is 72.8 Å². The molecule has 0 saturated heterocycles. The molecule has 4 nitrogen and oxygen atoms in total. The molecule has 26 heavy (non-hydrogen) atoms. The number of benzene rings is 2. The van der Waals surface area contributed by atoms with Gasteiger partial charge in [-0.05, 0) is 36.1 Å². The van der Waals surface area contributed by atoms with Gasteiger partial charge in [0, 0.05) is 0 Å². The van der Waals surface area contributed by atoms with Crippen LogP contribution in [0.3, 0.4) is 0 Å². The lowest BCUT2D eigenvalue weighted by molar-refractivity contribution is 0.317. The summed E-state index contributed by atoms with van der Waals surface area (Å²) in [5.41, 5.74) is 1.23. The van der Waals surface area contributed by atoms with Crippen LogP contribution in [-0.2, 0) is 19.7 Å².